The predicted octanol–water partition coefficient (Wildman–Crippen LogP) is 0.931. The van der Waals surface area contributed by atoms with E-state index in [2.05, 4.69) is 5.32 Å². The fourth-order valence-corrected chi connectivity index (χ4v) is 3.97. The van der Waals surface area contributed by atoms with Gasteiger partial charge < -0.3 is 10.1 Å². The van der Waals surface area contributed by atoms with Crippen LogP contribution in [0.3, 0.4) is 0 Å². The van der Waals surface area contributed by atoms with Crippen LogP contribution in [-0.2, 0) is 21.1 Å². The maximum absolute atomic E-state index is 11.8. The third-order valence-electron chi connectivity index (χ3n) is 3.37. The Morgan fingerprint density at radius 3 is 2.90 bits per heavy atom. The van der Waals surface area contributed by atoms with Gasteiger partial charge in [0.05, 0.1) is 18.6 Å². The van der Waals surface area contributed by atoms with Crippen LogP contribution in [0, 0.1) is 0 Å². The lowest BCUT2D eigenvalue weighted by molar-refractivity contribution is -0.121. The van der Waals surface area contributed by atoms with E-state index >= 15 is 0 Å². The molecule has 2 rings (SSSR count). The normalized spacial score (nSPS) is 20.6. The van der Waals surface area contributed by atoms with E-state index in [1.165, 1.54) is 0 Å². The average Bonchev–Trinajstić information content (AvgIpc) is 2.76. The van der Waals surface area contributed by atoms with Gasteiger partial charge in [-0.05, 0) is 30.5 Å². The molecule has 0 spiro atoms. The minimum atomic E-state index is -2.95. The summed E-state index contributed by atoms with van der Waals surface area (Å²) in [7, 11) is -1.34. The lowest BCUT2D eigenvalue weighted by atomic mass is 10.1. The van der Waals surface area contributed by atoms with Crippen molar-refractivity contribution in [2.75, 3.05) is 18.6 Å². The number of aryl methyl sites for hydroxylation is 1. The van der Waals surface area contributed by atoms with E-state index in [-0.39, 0.29) is 23.5 Å². The van der Waals surface area contributed by atoms with Crippen molar-refractivity contribution in [2.45, 2.75) is 25.3 Å². The van der Waals surface area contributed by atoms with Gasteiger partial charge in [-0.1, -0.05) is 12.1 Å². The highest BCUT2D eigenvalue weighted by molar-refractivity contribution is 7.91. The van der Waals surface area contributed by atoms with Gasteiger partial charge in [-0.2, -0.15) is 0 Å². The van der Waals surface area contributed by atoms with Crippen LogP contribution in [0.2, 0.25) is 0 Å². The second-order valence-corrected chi connectivity index (χ2v) is 7.25. The Morgan fingerprint density at radius 1 is 1.45 bits per heavy atom. The summed E-state index contributed by atoms with van der Waals surface area (Å²) in [5.74, 6) is 0.908. The third kappa shape index (κ3) is 4.23. The molecule has 0 saturated carbocycles. The molecule has 110 valence electrons. The maximum Gasteiger partial charge on any atom is 0.220 e. The summed E-state index contributed by atoms with van der Waals surface area (Å²) < 4.78 is 27.7. The first-order chi connectivity index (χ1) is 9.48. The number of carbonyl (C=O) groups excluding carboxylic acids is 1. The molecule has 0 aromatic heterocycles. The van der Waals surface area contributed by atoms with Gasteiger partial charge in [-0.15, -0.1) is 0 Å². The summed E-state index contributed by atoms with van der Waals surface area (Å²) >= 11 is 0. The molecule has 1 aliphatic heterocycles. The van der Waals surface area contributed by atoms with E-state index in [0.717, 1.165) is 11.3 Å². The summed E-state index contributed by atoms with van der Waals surface area (Å²) in [4.78, 5) is 11.8. The SMILES string of the molecule is COc1cccc(CCC(=O)N[C@@H]2CCS(=O)(=O)C2)c1. The number of benzene rings is 1. The lowest BCUT2D eigenvalue weighted by Crippen LogP contribution is -2.35. The van der Waals surface area contributed by atoms with Crippen LogP contribution in [0.5, 0.6) is 5.75 Å². The molecule has 0 aliphatic carbocycles. The largest absolute Gasteiger partial charge is 0.497 e. The van der Waals surface area contributed by atoms with E-state index in [0.29, 0.717) is 19.3 Å². The van der Waals surface area contributed by atoms with Crippen molar-refractivity contribution in [3.8, 4) is 5.75 Å². The van der Waals surface area contributed by atoms with Crippen molar-refractivity contribution >= 4 is 15.7 Å². The van der Waals surface area contributed by atoms with Crippen molar-refractivity contribution in [1.29, 1.82) is 0 Å². The van der Waals surface area contributed by atoms with Gasteiger partial charge in [-0.3, -0.25) is 4.79 Å². The summed E-state index contributed by atoms with van der Waals surface area (Å²) in [6, 6.07) is 7.35. The molecule has 1 aliphatic rings. The molecule has 1 aromatic carbocycles. The number of hydrogen-bond donors (Lipinski definition) is 1. The Bertz CT molecular complexity index is 583. The average molecular weight is 297 g/mol. The highest BCUT2D eigenvalue weighted by Gasteiger charge is 2.28. The highest BCUT2D eigenvalue weighted by atomic mass is 32.2. The maximum atomic E-state index is 11.8. The van der Waals surface area contributed by atoms with Crippen molar-refractivity contribution in [3.05, 3.63) is 29.8 Å². The number of hydrogen-bond acceptors (Lipinski definition) is 4. The van der Waals surface area contributed by atoms with Crippen LogP contribution in [0.15, 0.2) is 24.3 Å². The number of methoxy groups -OCH3 is 1. The molecule has 0 unspecified atom stereocenters. The Balaban J connectivity index is 1.80. The van der Waals surface area contributed by atoms with Crippen LogP contribution in [0.1, 0.15) is 18.4 Å². The molecular formula is C14H19NO4S. The molecule has 1 N–H and O–H groups in total. The van der Waals surface area contributed by atoms with Crippen LogP contribution >= 0.6 is 0 Å². The number of amides is 1. The predicted molar refractivity (Wildman–Crippen MR) is 76.5 cm³/mol. The zero-order chi connectivity index (χ0) is 14.6. The first-order valence-electron chi connectivity index (χ1n) is 6.61. The van der Waals surface area contributed by atoms with Gasteiger partial charge >= 0.3 is 0 Å². The first kappa shape index (κ1) is 14.8. The molecule has 1 aromatic rings. The highest BCUT2D eigenvalue weighted by Crippen LogP contribution is 2.15. The number of carbonyl (C=O) groups is 1. The lowest BCUT2D eigenvalue weighted by Gasteiger charge is -2.10. The van der Waals surface area contributed by atoms with Gasteiger partial charge in [0.2, 0.25) is 5.91 Å². The summed E-state index contributed by atoms with van der Waals surface area (Å²) in [5.41, 5.74) is 1.03. The second-order valence-electron chi connectivity index (χ2n) is 5.02. The molecule has 1 atom stereocenters. The Hall–Kier alpha value is -1.56. The monoisotopic (exact) mass is 297 g/mol. The Morgan fingerprint density at radius 2 is 2.25 bits per heavy atom. The molecule has 0 radical (unpaired) electrons. The quantitative estimate of drug-likeness (QED) is 0.877. The standard InChI is InChI=1S/C14H19NO4S/c1-19-13-4-2-3-11(9-13)5-6-14(16)15-12-7-8-20(17,18)10-12/h2-4,9,12H,5-8,10H2,1H3,(H,15,16)/t12-/m1/s1. The molecular weight excluding hydrogens is 278 g/mol. The smallest absolute Gasteiger partial charge is 0.220 e. The van der Waals surface area contributed by atoms with Crippen molar-refractivity contribution in [2.24, 2.45) is 0 Å². The number of ether oxygens (including phenoxy) is 1. The third-order valence-corrected chi connectivity index (χ3v) is 5.14. The molecule has 5 nitrogen and oxygen atoms in total. The van der Waals surface area contributed by atoms with Crippen LogP contribution in [-0.4, -0.2) is 39.0 Å². The molecule has 0 bridgehead atoms. The Kier molecular flexibility index (Phi) is 4.65. The molecule has 1 heterocycles. The van der Waals surface area contributed by atoms with E-state index < -0.39 is 9.84 Å². The summed E-state index contributed by atoms with van der Waals surface area (Å²) in [6.45, 7) is 0. The summed E-state index contributed by atoms with van der Waals surface area (Å²) in [6.07, 6.45) is 1.49. The minimum Gasteiger partial charge on any atom is -0.497 e. The van der Waals surface area contributed by atoms with Crippen LogP contribution < -0.4 is 10.1 Å². The molecule has 6 heteroatoms. The number of nitrogens with one attached hydrogen (secondary N) is 1. The molecule has 20 heavy (non-hydrogen) atoms. The molecule has 1 fully saturated rings. The van der Waals surface area contributed by atoms with E-state index in [1.54, 1.807) is 7.11 Å². The zero-order valence-corrected chi connectivity index (χ0v) is 12.3. The fourth-order valence-electron chi connectivity index (χ4n) is 2.29. The van der Waals surface area contributed by atoms with Crippen molar-refractivity contribution in [1.82, 2.24) is 5.32 Å². The van der Waals surface area contributed by atoms with E-state index in [4.69, 9.17) is 4.74 Å². The van der Waals surface area contributed by atoms with Crippen molar-refractivity contribution in [3.63, 3.8) is 0 Å². The van der Waals surface area contributed by atoms with Gasteiger partial charge in [0.25, 0.3) is 0 Å². The number of sulfone groups is 1. The van der Waals surface area contributed by atoms with Crippen LogP contribution in [0.4, 0.5) is 0 Å². The first-order valence-corrected chi connectivity index (χ1v) is 8.43. The molecule has 1 amide bonds. The molecule has 1 saturated heterocycles. The number of rotatable bonds is 5. The second kappa shape index (κ2) is 6.26. The zero-order valence-electron chi connectivity index (χ0n) is 11.5. The fraction of sp³-hybridized carbons (Fsp3) is 0.500. The van der Waals surface area contributed by atoms with E-state index in [9.17, 15) is 13.2 Å². The van der Waals surface area contributed by atoms with Crippen LogP contribution in [0.25, 0.3) is 0 Å². The summed E-state index contributed by atoms with van der Waals surface area (Å²) in [5, 5.41) is 2.78. The van der Waals surface area contributed by atoms with Gasteiger partial charge in [0.1, 0.15) is 5.75 Å². The topological polar surface area (TPSA) is 72.5 Å². The van der Waals surface area contributed by atoms with Gasteiger partial charge in [0.15, 0.2) is 9.84 Å². The minimum absolute atomic E-state index is 0.0674. The van der Waals surface area contributed by atoms with Gasteiger partial charge in [0, 0.05) is 12.5 Å². The van der Waals surface area contributed by atoms with E-state index in [1.807, 2.05) is 24.3 Å². The van der Waals surface area contributed by atoms with Crippen molar-refractivity contribution < 1.29 is 17.9 Å². The van der Waals surface area contributed by atoms with Gasteiger partial charge in [-0.25, -0.2) is 8.42 Å². The Labute approximate surface area is 119 Å².